The molecule has 0 aromatic heterocycles. The summed E-state index contributed by atoms with van der Waals surface area (Å²) in [6.07, 6.45) is 2.39. The smallest absolute Gasteiger partial charge is 0.181 e. The Hall–Kier alpha value is -0.630. The molecule has 0 saturated heterocycles. The van der Waals surface area contributed by atoms with Crippen molar-refractivity contribution in [1.29, 1.82) is 0 Å². The van der Waals surface area contributed by atoms with Gasteiger partial charge in [-0.05, 0) is 12.2 Å². The molecule has 3 heteroatoms. The lowest BCUT2D eigenvalue weighted by molar-refractivity contribution is -0.119. The lowest BCUT2D eigenvalue weighted by atomic mass is 10.3. The van der Waals surface area contributed by atoms with Gasteiger partial charge in [0.15, 0.2) is 16.9 Å². The van der Waals surface area contributed by atoms with Crippen molar-refractivity contribution in [2.75, 3.05) is 0 Å². The maximum atomic E-state index is 10.3. The highest BCUT2D eigenvalue weighted by molar-refractivity contribution is 6.47. The molecular formula is C5H3ClO2. The summed E-state index contributed by atoms with van der Waals surface area (Å²) in [5.41, 5.74) is 0. The summed E-state index contributed by atoms with van der Waals surface area (Å²) in [6, 6.07) is 0. The van der Waals surface area contributed by atoms with Crippen molar-refractivity contribution in [3.8, 4) is 0 Å². The van der Waals surface area contributed by atoms with Crippen molar-refractivity contribution in [1.82, 2.24) is 0 Å². The van der Waals surface area contributed by atoms with Crippen LogP contribution in [0.25, 0.3) is 0 Å². The summed E-state index contributed by atoms with van der Waals surface area (Å²) >= 11 is 5.25. The van der Waals surface area contributed by atoms with Crippen LogP contribution in [0.2, 0.25) is 0 Å². The van der Waals surface area contributed by atoms with E-state index in [1.807, 2.05) is 0 Å². The number of halogens is 1. The van der Waals surface area contributed by atoms with Crippen LogP contribution in [-0.2, 0) is 9.59 Å². The SMILES string of the molecule is O=C1C=CC(=O)C1Cl. The monoisotopic (exact) mass is 130 g/mol. The average Bonchev–Trinajstić information content (AvgIpc) is 1.98. The number of hydrogen-bond acceptors (Lipinski definition) is 2. The maximum Gasteiger partial charge on any atom is 0.181 e. The zero-order chi connectivity index (χ0) is 6.15. The molecule has 0 atom stereocenters. The minimum absolute atomic E-state index is 0.309. The molecule has 0 aliphatic heterocycles. The van der Waals surface area contributed by atoms with Crippen molar-refractivity contribution < 1.29 is 9.59 Å². The Labute approximate surface area is 51.1 Å². The van der Waals surface area contributed by atoms with Crippen LogP contribution in [0.5, 0.6) is 0 Å². The fourth-order valence-corrected chi connectivity index (χ4v) is 0.619. The molecule has 0 fully saturated rings. The van der Waals surface area contributed by atoms with E-state index in [1.165, 1.54) is 12.2 Å². The highest BCUT2D eigenvalue weighted by Gasteiger charge is 2.24. The molecule has 0 saturated carbocycles. The predicted molar refractivity (Wildman–Crippen MR) is 28.8 cm³/mol. The lowest BCUT2D eigenvalue weighted by Crippen LogP contribution is -2.13. The first-order valence-electron chi connectivity index (χ1n) is 2.11. The van der Waals surface area contributed by atoms with Crippen molar-refractivity contribution in [3.63, 3.8) is 0 Å². The molecule has 2 nitrogen and oxygen atoms in total. The lowest BCUT2D eigenvalue weighted by Gasteiger charge is -1.88. The molecule has 0 bridgehead atoms. The Bertz CT molecular complexity index is 153. The van der Waals surface area contributed by atoms with Gasteiger partial charge in [0, 0.05) is 0 Å². The first-order valence-corrected chi connectivity index (χ1v) is 2.55. The molecular weight excluding hydrogens is 128 g/mol. The summed E-state index contributed by atoms with van der Waals surface area (Å²) in [7, 11) is 0. The Morgan fingerprint density at radius 3 is 1.75 bits per heavy atom. The molecule has 0 N–H and O–H groups in total. The molecule has 0 aromatic carbocycles. The first kappa shape index (κ1) is 5.51. The molecule has 0 amide bonds. The van der Waals surface area contributed by atoms with E-state index in [9.17, 15) is 9.59 Å². The van der Waals surface area contributed by atoms with Crippen molar-refractivity contribution in [2.24, 2.45) is 0 Å². The van der Waals surface area contributed by atoms with E-state index >= 15 is 0 Å². The quantitative estimate of drug-likeness (QED) is 0.349. The molecule has 1 rings (SSSR count). The second kappa shape index (κ2) is 1.71. The van der Waals surface area contributed by atoms with E-state index in [-0.39, 0.29) is 11.6 Å². The summed E-state index contributed by atoms with van der Waals surface area (Å²) in [5, 5.41) is -0.935. The zero-order valence-electron chi connectivity index (χ0n) is 3.93. The Kier molecular flexibility index (Phi) is 1.18. The van der Waals surface area contributed by atoms with E-state index in [0.29, 0.717) is 0 Å². The zero-order valence-corrected chi connectivity index (χ0v) is 4.68. The van der Waals surface area contributed by atoms with Gasteiger partial charge in [0.05, 0.1) is 0 Å². The minimum Gasteiger partial charge on any atom is -0.293 e. The number of carbonyl (C=O) groups is 2. The largest absolute Gasteiger partial charge is 0.293 e. The van der Waals surface area contributed by atoms with Crippen LogP contribution in [0.1, 0.15) is 0 Å². The summed E-state index contributed by atoms with van der Waals surface area (Å²) in [6.45, 7) is 0. The van der Waals surface area contributed by atoms with Crippen LogP contribution in [0.4, 0.5) is 0 Å². The van der Waals surface area contributed by atoms with Crippen LogP contribution in [0.3, 0.4) is 0 Å². The second-order valence-electron chi connectivity index (χ2n) is 1.50. The van der Waals surface area contributed by atoms with Gasteiger partial charge in [-0.2, -0.15) is 0 Å². The average molecular weight is 131 g/mol. The molecule has 8 heavy (non-hydrogen) atoms. The van der Waals surface area contributed by atoms with E-state index in [4.69, 9.17) is 11.6 Å². The Balaban J connectivity index is 2.84. The van der Waals surface area contributed by atoms with Gasteiger partial charge in [0.2, 0.25) is 0 Å². The maximum absolute atomic E-state index is 10.3. The van der Waals surface area contributed by atoms with Gasteiger partial charge in [-0.3, -0.25) is 9.59 Å². The normalized spacial score (nSPS) is 20.6. The topological polar surface area (TPSA) is 34.1 Å². The van der Waals surface area contributed by atoms with Gasteiger partial charge in [-0.1, -0.05) is 0 Å². The summed E-state index contributed by atoms with van der Waals surface area (Å²) < 4.78 is 0. The van der Waals surface area contributed by atoms with Gasteiger partial charge < -0.3 is 0 Å². The van der Waals surface area contributed by atoms with Crippen LogP contribution >= 0.6 is 11.6 Å². The number of rotatable bonds is 0. The fraction of sp³-hybridized carbons (Fsp3) is 0.200. The molecule has 1 aliphatic rings. The van der Waals surface area contributed by atoms with Gasteiger partial charge in [0.25, 0.3) is 0 Å². The third-order valence-electron chi connectivity index (χ3n) is 0.911. The number of ketones is 2. The van der Waals surface area contributed by atoms with Gasteiger partial charge in [-0.25, -0.2) is 0 Å². The summed E-state index contributed by atoms with van der Waals surface area (Å²) in [4.78, 5) is 20.7. The number of alkyl halides is 1. The number of hydrogen-bond donors (Lipinski definition) is 0. The minimum atomic E-state index is -0.935. The molecule has 42 valence electrons. The fourth-order valence-electron chi connectivity index (χ4n) is 0.473. The Morgan fingerprint density at radius 2 is 1.62 bits per heavy atom. The molecule has 0 radical (unpaired) electrons. The highest BCUT2D eigenvalue weighted by atomic mass is 35.5. The third kappa shape index (κ3) is 0.670. The molecule has 0 unspecified atom stereocenters. The van der Waals surface area contributed by atoms with E-state index in [1.54, 1.807) is 0 Å². The van der Waals surface area contributed by atoms with Gasteiger partial charge in [0.1, 0.15) is 0 Å². The van der Waals surface area contributed by atoms with Gasteiger partial charge >= 0.3 is 0 Å². The number of carbonyl (C=O) groups excluding carboxylic acids is 2. The predicted octanol–water partition coefficient (Wildman–Crippen LogP) is 0.302. The van der Waals surface area contributed by atoms with Crippen molar-refractivity contribution in [3.05, 3.63) is 12.2 Å². The van der Waals surface area contributed by atoms with Crippen LogP contribution in [0, 0.1) is 0 Å². The highest BCUT2D eigenvalue weighted by Crippen LogP contribution is 2.07. The van der Waals surface area contributed by atoms with Crippen molar-refractivity contribution in [2.45, 2.75) is 5.38 Å². The molecule has 0 aromatic rings. The van der Waals surface area contributed by atoms with E-state index < -0.39 is 5.38 Å². The van der Waals surface area contributed by atoms with Crippen LogP contribution < -0.4 is 0 Å². The van der Waals surface area contributed by atoms with Crippen LogP contribution in [-0.4, -0.2) is 16.9 Å². The third-order valence-corrected chi connectivity index (χ3v) is 1.34. The van der Waals surface area contributed by atoms with Crippen molar-refractivity contribution >= 4 is 23.2 Å². The van der Waals surface area contributed by atoms with E-state index in [0.717, 1.165) is 0 Å². The van der Waals surface area contributed by atoms with Gasteiger partial charge in [-0.15, -0.1) is 11.6 Å². The summed E-state index contributed by atoms with van der Waals surface area (Å²) in [5.74, 6) is -0.617. The van der Waals surface area contributed by atoms with Crippen LogP contribution in [0.15, 0.2) is 12.2 Å². The molecule has 1 aliphatic carbocycles. The Morgan fingerprint density at radius 1 is 1.25 bits per heavy atom. The standard InChI is InChI=1S/C5H3ClO2/c6-5-3(7)1-2-4(5)8/h1-2,5H. The second-order valence-corrected chi connectivity index (χ2v) is 1.94. The van der Waals surface area contributed by atoms with E-state index in [2.05, 4.69) is 0 Å². The first-order chi connectivity index (χ1) is 3.72. The molecule has 0 heterocycles. The number of allylic oxidation sites excluding steroid dienone is 2. The molecule has 0 spiro atoms.